The second-order valence-electron chi connectivity index (χ2n) is 6.43. The van der Waals surface area contributed by atoms with Crippen molar-refractivity contribution in [3.05, 3.63) is 23.2 Å². The molecule has 4 atom stereocenters. The third kappa shape index (κ3) is 1.18. The average molecular weight is 274 g/mol. The van der Waals surface area contributed by atoms with Gasteiger partial charge in [0.1, 0.15) is 5.52 Å². The van der Waals surface area contributed by atoms with Crippen LogP contribution in [0, 0.1) is 23.7 Å². The van der Waals surface area contributed by atoms with Gasteiger partial charge >= 0.3 is 0 Å². The number of halogens is 1. The summed E-state index contributed by atoms with van der Waals surface area (Å²) in [7, 11) is 0. The normalized spacial score (nSPS) is 38.9. The maximum Gasteiger partial charge on any atom is 0.201 e. The second kappa shape index (κ2) is 3.26. The molecular weight excluding hydrogens is 258 g/mol. The van der Waals surface area contributed by atoms with E-state index in [1.165, 1.54) is 19.3 Å². The van der Waals surface area contributed by atoms with Crippen molar-refractivity contribution in [2.75, 3.05) is 5.73 Å². The maximum atomic E-state index is 6.23. The number of para-hydroxylation sites is 1. The Morgan fingerprint density at radius 3 is 2.68 bits per heavy atom. The molecule has 0 amide bonds. The number of anilines is 1. The van der Waals surface area contributed by atoms with Crippen molar-refractivity contribution >= 4 is 28.6 Å². The van der Waals surface area contributed by atoms with Crippen LogP contribution in [-0.2, 0) is 0 Å². The summed E-state index contributed by atoms with van der Waals surface area (Å²) in [5, 5.41) is 0.705. The molecule has 4 unspecified atom stereocenters. The number of benzene rings is 1. The fourth-order valence-corrected chi connectivity index (χ4v) is 5.25. The molecule has 2 N–H and O–H groups in total. The van der Waals surface area contributed by atoms with Crippen LogP contribution >= 0.6 is 11.6 Å². The number of nitrogen functional groups attached to an aromatic ring is 1. The van der Waals surface area contributed by atoms with Crippen molar-refractivity contribution in [3.63, 3.8) is 0 Å². The van der Waals surface area contributed by atoms with Crippen molar-refractivity contribution in [1.82, 2.24) is 9.55 Å². The van der Waals surface area contributed by atoms with E-state index in [9.17, 15) is 0 Å². The molecule has 3 nitrogen and oxygen atoms in total. The fraction of sp³-hybridized carbons (Fsp3) is 0.533. The largest absolute Gasteiger partial charge is 0.369 e. The number of hydrogen-bond donors (Lipinski definition) is 1. The molecule has 0 aliphatic heterocycles. The number of nitrogens with two attached hydrogens (primary N) is 1. The van der Waals surface area contributed by atoms with Crippen LogP contribution in [0.3, 0.4) is 0 Å². The molecule has 3 fully saturated rings. The van der Waals surface area contributed by atoms with Crippen LogP contribution in [0.2, 0.25) is 5.02 Å². The summed E-state index contributed by atoms with van der Waals surface area (Å²) < 4.78 is 2.26. The molecule has 4 heteroatoms. The van der Waals surface area contributed by atoms with Gasteiger partial charge in [0, 0.05) is 6.04 Å². The lowest BCUT2D eigenvalue weighted by atomic mass is 10.0. The Bertz CT molecular complexity index is 676. The van der Waals surface area contributed by atoms with Gasteiger partial charge in [-0.25, -0.2) is 4.98 Å². The lowest BCUT2D eigenvalue weighted by molar-refractivity contribution is 0.456. The van der Waals surface area contributed by atoms with Gasteiger partial charge in [0.05, 0.1) is 10.5 Å². The van der Waals surface area contributed by atoms with Crippen molar-refractivity contribution in [2.24, 2.45) is 23.7 Å². The zero-order valence-electron chi connectivity index (χ0n) is 10.6. The molecule has 5 rings (SSSR count). The lowest BCUT2D eigenvalue weighted by Gasteiger charge is -2.12. The van der Waals surface area contributed by atoms with E-state index in [1.54, 1.807) is 0 Å². The van der Waals surface area contributed by atoms with Gasteiger partial charge in [-0.15, -0.1) is 0 Å². The van der Waals surface area contributed by atoms with Gasteiger partial charge < -0.3 is 10.3 Å². The van der Waals surface area contributed by atoms with Crippen molar-refractivity contribution in [3.8, 4) is 0 Å². The first-order valence-electron chi connectivity index (χ1n) is 7.17. The Morgan fingerprint density at radius 2 is 1.95 bits per heavy atom. The molecule has 1 aromatic heterocycles. The first-order chi connectivity index (χ1) is 9.25. The molecule has 98 valence electrons. The van der Waals surface area contributed by atoms with Crippen molar-refractivity contribution < 1.29 is 0 Å². The molecule has 1 aromatic carbocycles. The predicted molar refractivity (Wildman–Crippen MR) is 76.0 cm³/mol. The second-order valence-corrected chi connectivity index (χ2v) is 6.83. The smallest absolute Gasteiger partial charge is 0.201 e. The zero-order chi connectivity index (χ0) is 12.7. The standard InChI is InChI=1S/C15H16ClN3/c16-9-2-1-3-10-13(9)18-15(17)19(10)14-11-7-4-5-8(6-7)12(11)14/h1-3,7-8,11-12,14H,4-6H2,(H2,17,18). The molecule has 0 radical (unpaired) electrons. The lowest BCUT2D eigenvalue weighted by Crippen LogP contribution is -2.08. The number of imidazole rings is 1. The van der Waals surface area contributed by atoms with Crippen LogP contribution in [0.5, 0.6) is 0 Å². The minimum Gasteiger partial charge on any atom is -0.369 e. The summed E-state index contributed by atoms with van der Waals surface area (Å²) >= 11 is 6.23. The Kier molecular flexibility index (Phi) is 1.81. The molecular formula is C15H16ClN3. The van der Waals surface area contributed by atoms with Crippen LogP contribution in [-0.4, -0.2) is 9.55 Å². The SMILES string of the molecule is Nc1nc2c(Cl)cccc2n1C1C2C3CCC(C3)C21. The first-order valence-corrected chi connectivity index (χ1v) is 7.55. The van der Waals surface area contributed by atoms with E-state index in [0.717, 1.165) is 34.7 Å². The molecule has 2 aromatic rings. The van der Waals surface area contributed by atoms with Crippen molar-refractivity contribution in [1.29, 1.82) is 0 Å². The maximum absolute atomic E-state index is 6.23. The van der Waals surface area contributed by atoms with Crippen LogP contribution in [0.1, 0.15) is 25.3 Å². The molecule has 3 aliphatic carbocycles. The number of rotatable bonds is 1. The minimum atomic E-state index is 0.592. The third-order valence-corrected chi connectivity index (χ3v) is 6.00. The topological polar surface area (TPSA) is 43.8 Å². The highest BCUT2D eigenvalue weighted by Gasteiger charge is 2.66. The van der Waals surface area contributed by atoms with Gasteiger partial charge in [-0.1, -0.05) is 17.7 Å². The highest BCUT2D eigenvalue weighted by atomic mass is 35.5. The summed E-state index contributed by atoms with van der Waals surface area (Å²) in [6, 6.07) is 6.57. The van der Waals surface area contributed by atoms with Gasteiger partial charge in [-0.3, -0.25) is 0 Å². The monoisotopic (exact) mass is 273 g/mol. The quantitative estimate of drug-likeness (QED) is 0.864. The van der Waals surface area contributed by atoms with E-state index < -0.39 is 0 Å². The van der Waals surface area contributed by atoms with Gasteiger partial charge in [0.15, 0.2) is 0 Å². The van der Waals surface area contributed by atoms with Gasteiger partial charge in [-0.2, -0.15) is 0 Å². The fourth-order valence-electron chi connectivity index (χ4n) is 5.04. The Hall–Kier alpha value is -1.22. The molecule has 0 saturated heterocycles. The molecule has 0 spiro atoms. The number of nitrogens with zero attached hydrogens (tertiary/aromatic N) is 2. The molecule has 19 heavy (non-hydrogen) atoms. The van der Waals surface area contributed by atoms with E-state index in [0.29, 0.717) is 17.0 Å². The molecule has 3 aliphatic rings. The van der Waals surface area contributed by atoms with Crippen LogP contribution in [0.4, 0.5) is 5.95 Å². The van der Waals surface area contributed by atoms with Crippen molar-refractivity contribution in [2.45, 2.75) is 25.3 Å². The van der Waals surface area contributed by atoms with E-state index >= 15 is 0 Å². The van der Waals surface area contributed by atoms with Crippen LogP contribution < -0.4 is 5.73 Å². The average Bonchev–Trinajstić information content (AvgIpc) is 2.76. The summed E-state index contributed by atoms with van der Waals surface area (Å²) in [5.41, 5.74) is 8.15. The van der Waals surface area contributed by atoms with Crippen LogP contribution in [0.25, 0.3) is 11.0 Å². The van der Waals surface area contributed by atoms with E-state index in [2.05, 4.69) is 15.6 Å². The number of hydrogen-bond acceptors (Lipinski definition) is 2. The third-order valence-electron chi connectivity index (χ3n) is 5.69. The predicted octanol–water partition coefficient (Wildman–Crippen LogP) is 3.49. The summed E-state index contributed by atoms with van der Waals surface area (Å²) in [6.45, 7) is 0. The summed E-state index contributed by atoms with van der Waals surface area (Å²) in [5.74, 6) is 4.24. The van der Waals surface area contributed by atoms with Gasteiger partial charge in [-0.05, 0) is 55.1 Å². The van der Waals surface area contributed by atoms with Crippen LogP contribution in [0.15, 0.2) is 18.2 Å². The number of fused-ring (bicyclic) bond motifs is 6. The highest BCUT2D eigenvalue weighted by Crippen LogP contribution is 2.72. The van der Waals surface area contributed by atoms with Gasteiger partial charge in [0.2, 0.25) is 5.95 Å². The highest BCUT2D eigenvalue weighted by molar-refractivity contribution is 6.35. The number of aromatic nitrogens is 2. The van der Waals surface area contributed by atoms with Gasteiger partial charge in [0.25, 0.3) is 0 Å². The molecule has 2 bridgehead atoms. The van der Waals surface area contributed by atoms with E-state index in [-0.39, 0.29) is 0 Å². The van der Waals surface area contributed by atoms with E-state index in [4.69, 9.17) is 17.3 Å². The Labute approximate surface area is 116 Å². The zero-order valence-corrected chi connectivity index (χ0v) is 11.3. The molecule has 1 heterocycles. The Balaban J connectivity index is 1.67. The minimum absolute atomic E-state index is 0.592. The first kappa shape index (κ1) is 10.6. The summed E-state index contributed by atoms with van der Waals surface area (Å²) in [4.78, 5) is 4.48. The van der Waals surface area contributed by atoms with E-state index in [1.807, 2.05) is 12.1 Å². The summed E-state index contributed by atoms with van der Waals surface area (Å²) in [6.07, 6.45) is 4.31. The Morgan fingerprint density at radius 1 is 1.21 bits per heavy atom. The molecule has 3 saturated carbocycles.